The molecule has 0 aliphatic carbocycles. The summed E-state index contributed by atoms with van der Waals surface area (Å²) in [5.74, 6) is 0. The summed E-state index contributed by atoms with van der Waals surface area (Å²) in [6, 6.07) is 10.1. The summed E-state index contributed by atoms with van der Waals surface area (Å²) in [6.45, 7) is 0. The van der Waals surface area contributed by atoms with Gasteiger partial charge in [-0.3, -0.25) is 0 Å². The third-order valence-corrected chi connectivity index (χ3v) is 3.87. The molecule has 16 heavy (non-hydrogen) atoms. The minimum Gasteiger partial charge on any atom is -1.00 e. The average Bonchev–Trinajstić information content (AvgIpc) is 2.17. The first-order chi connectivity index (χ1) is 7.00. The fraction of sp³-hybridized carbons (Fsp3) is 0. The van der Waals surface area contributed by atoms with Crippen LogP contribution in [-0.2, 0) is 10.1 Å². The molecule has 2 aromatic carbocycles. The molecule has 0 atom stereocenters. The van der Waals surface area contributed by atoms with Gasteiger partial charge in [-0.05, 0) is 0 Å². The second-order valence-corrected chi connectivity index (χ2v) is 5.50. The second-order valence-electron chi connectivity index (χ2n) is 3.10. The molecule has 0 aromatic heterocycles. The largest absolute Gasteiger partial charge is 1.00 e. The van der Waals surface area contributed by atoms with E-state index in [1.165, 1.54) is 6.07 Å². The molecule has 3 nitrogen and oxygen atoms in total. The number of hydrogen-bond donors (Lipinski definition) is 1. The molecule has 0 unspecified atom stereocenters. The predicted molar refractivity (Wildman–Crippen MR) is 60.3 cm³/mol. The molecule has 0 fully saturated rings. The Kier molecular flexibility index (Phi) is 4.64. The normalized spacial score (nSPS) is 11.1. The van der Waals surface area contributed by atoms with Crippen LogP contribution in [0.5, 0.6) is 0 Å². The van der Waals surface area contributed by atoms with Crippen LogP contribution in [0.4, 0.5) is 0 Å². The van der Waals surface area contributed by atoms with Gasteiger partial charge in [-0.15, -0.1) is 0 Å². The summed E-state index contributed by atoms with van der Waals surface area (Å²) in [7, 11) is -4.15. The molecule has 0 aliphatic heterocycles. The molecule has 0 heterocycles. The van der Waals surface area contributed by atoms with Crippen molar-refractivity contribution in [3.05, 3.63) is 36.4 Å². The zero-order valence-corrected chi connectivity index (χ0v) is 13.3. The number of rotatable bonds is 1. The molecular weight excluding hydrogens is 298 g/mol. The molecule has 1 N–H and O–H groups in total. The molecule has 0 aliphatic rings. The molecule has 0 bridgehead atoms. The van der Waals surface area contributed by atoms with Gasteiger partial charge in [-0.25, -0.2) is 0 Å². The van der Waals surface area contributed by atoms with Crippen LogP contribution >= 0.6 is 0 Å². The maximum atomic E-state index is 11.1. The standard InChI is InChI=1S/C10H7AsO3S.Na.H/c11-9-5-6-10(15(12,13)14)8-4-2-1-3-7(8)9;;/h1-6H,(H,12,13,14);;/q;+1;-1. The monoisotopic (exact) mass is 306 g/mol. The van der Waals surface area contributed by atoms with Crippen LogP contribution in [0.25, 0.3) is 10.8 Å². The van der Waals surface area contributed by atoms with Crippen molar-refractivity contribution in [2.45, 2.75) is 4.90 Å². The van der Waals surface area contributed by atoms with Crippen LogP contribution in [0.1, 0.15) is 1.43 Å². The SMILES string of the molecule is O=S(=O)(O)c1ccc([As])c2ccccc12.[H-].[Na+]. The smallest absolute Gasteiger partial charge is 1.00 e. The van der Waals surface area contributed by atoms with Crippen molar-refractivity contribution < 1.29 is 44.0 Å². The van der Waals surface area contributed by atoms with Crippen molar-refractivity contribution in [2.75, 3.05) is 0 Å². The van der Waals surface area contributed by atoms with Crippen molar-refractivity contribution in [3.8, 4) is 0 Å². The predicted octanol–water partition coefficient (Wildman–Crippen LogP) is -2.00. The Morgan fingerprint density at radius 2 is 1.62 bits per heavy atom. The van der Waals surface area contributed by atoms with Gasteiger partial charge in [0.2, 0.25) is 0 Å². The Balaban J connectivity index is 0.00000128. The van der Waals surface area contributed by atoms with Crippen molar-refractivity contribution in [3.63, 3.8) is 0 Å². The van der Waals surface area contributed by atoms with Crippen molar-refractivity contribution in [1.29, 1.82) is 0 Å². The summed E-state index contributed by atoms with van der Waals surface area (Å²) >= 11 is 2.37. The zero-order chi connectivity index (χ0) is 11.1. The fourth-order valence-corrected chi connectivity index (χ4v) is 2.74. The van der Waals surface area contributed by atoms with E-state index in [-0.39, 0.29) is 35.9 Å². The van der Waals surface area contributed by atoms with E-state index in [4.69, 9.17) is 4.55 Å². The first-order valence-corrected chi connectivity index (χ1v) is 6.56. The molecule has 78 valence electrons. The maximum Gasteiger partial charge on any atom is 1.00 e. The summed E-state index contributed by atoms with van der Waals surface area (Å²) in [4.78, 5) is -0.0482. The van der Waals surface area contributed by atoms with Crippen LogP contribution < -0.4 is 33.9 Å². The second kappa shape index (κ2) is 5.21. The van der Waals surface area contributed by atoms with Crippen molar-refractivity contribution >= 4 is 42.1 Å². The van der Waals surface area contributed by atoms with E-state index in [9.17, 15) is 8.42 Å². The molecule has 2 radical (unpaired) electrons. The van der Waals surface area contributed by atoms with E-state index < -0.39 is 10.1 Å². The van der Waals surface area contributed by atoms with Gasteiger partial charge in [0, 0.05) is 0 Å². The van der Waals surface area contributed by atoms with E-state index in [2.05, 4.69) is 16.9 Å². The van der Waals surface area contributed by atoms with Gasteiger partial charge in [0.15, 0.2) is 0 Å². The first-order valence-electron chi connectivity index (χ1n) is 4.18. The van der Waals surface area contributed by atoms with Gasteiger partial charge in [-0.2, -0.15) is 0 Å². The zero-order valence-electron chi connectivity index (χ0n) is 9.58. The van der Waals surface area contributed by atoms with E-state index in [0.717, 1.165) is 9.74 Å². The Labute approximate surface area is 126 Å². The molecule has 0 amide bonds. The van der Waals surface area contributed by atoms with Crippen LogP contribution in [-0.4, -0.2) is 29.8 Å². The van der Waals surface area contributed by atoms with Crippen LogP contribution in [0, 0.1) is 0 Å². The molecule has 6 heteroatoms. The van der Waals surface area contributed by atoms with Crippen LogP contribution in [0.2, 0.25) is 0 Å². The molecule has 0 saturated carbocycles. The van der Waals surface area contributed by atoms with Crippen LogP contribution in [0.3, 0.4) is 0 Å². The van der Waals surface area contributed by atoms with Gasteiger partial charge in [-0.1, -0.05) is 0 Å². The van der Waals surface area contributed by atoms with E-state index >= 15 is 0 Å². The van der Waals surface area contributed by atoms with Gasteiger partial charge >= 0.3 is 126 Å². The minimum atomic E-state index is -4.15. The van der Waals surface area contributed by atoms with Gasteiger partial charge in [0.25, 0.3) is 0 Å². The summed E-state index contributed by atoms with van der Waals surface area (Å²) in [6.07, 6.45) is 0. The van der Waals surface area contributed by atoms with Crippen molar-refractivity contribution in [1.82, 2.24) is 0 Å². The summed E-state index contributed by atoms with van der Waals surface area (Å²) in [5, 5.41) is 1.35. The van der Waals surface area contributed by atoms with Gasteiger partial charge < -0.3 is 1.43 Å². The Morgan fingerprint density at radius 1 is 1.06 bits per heavy atom. The first kappa shape index (κ1) is 14.2. The van der Waals surface area contributed by atoms with E-state index in [1.807, 2.05) is 12.1 Å². The maximum absolute atomic E-state index is 11.1. The Hall–Kier alpha value is 0.168. The molecular formula is C10H8AsNaO3S. The van der Waals surface area contributed by atoms with E-state index in [0.29, 0.717) is 5.39 Å². The number of benzene rings is 2. The summed E-state index contributed by atoms with van der Waals surface area (Å²) in [5.41, 5.74) is 0. The van der Waals surface area contributed by atoms with Crippen LogP contribution in [0.15, 0.2) is 41.3 Å². The number of fused-ring (bicyclic) bond motifs is 1. The quantitative estimate of drug-likeness (QED) is 0.490. The van der Waals surface area contributed by atoms with Crippen molar-refractivity contribution in [2.24, 2.45) is 0 Å². The topological polar surface area (TPSA) is 54.4 Å². The van der Waals surface area contributed by atoms with Gasteiger partial charge in [0.05, 0.1) is 0 Å². The third kappa shape index (κ3) is 2.70. The molecule has 0 saturated heterocycles. The third-order valence-electron chi connectivity index (χ3n) is 2.14. The average molecular weight is 306 g/mol. The van der Waals surface area contributed by atoms with E-state index in [1.54, 1.807) is 18.2 Å². The number of hydrogen-bond acceptors (Lipinski definition) is 2. The molecule has 2 aromatic rings. The Bertz CT molecular complexity index is 630. The summed E-state index contributed by atoms with van der Waals surface area (Å²) < 4.78 is 32.2. The minimum absolute atomic E-state index is 0. The molecule has 0 spiro atoms. The molecule has 2 rings (SSSR count). The fourth-order valence-electron chi connectivity index (χ4n) is 1.48. The van der Waals surface area contributed by atoms with Gasteiger partial charge in [0.1, 0.15) is 0 Å². The Morgan fingerprint density at radius 3 is 2.19 bits per heavy atom.